The fourth-order valence-electron chi connectivity index (χ4n) is 4.38. The molecule has 1 aliphatic carbocycles. The Morgan fingerprint density at radius 2 is 2.14 bits per heavy atom. The van der Waals surface area contributed by atoms with Crippen LogP contribution in [0.15, 0.2) is 0 Å². The summed E-state index contributed by atoms with van der Waals surface area (Å²) in [7, 11) is 0. The van der Waals surface area contributed by atoms with E-state index in [-0.39, 0.29) is 0 Å². The van der Waals surface area contributed by atoms with Crippen LogP contribution in [0.2, 0.25) is 0 Å². The number of rotatable bonds is 6. The van der Waals surface area contributed by atoms with Gasteiger partial charge in [0.1, 0.15) is 0 Å². The Morgan fingerprint density at radius 1 is 1.33 bits per heavy atom. The monoisotopic (exact) mass is 312 g/mol. The van der Waals surface area contributed by atoms with Gasteiger partial charge in [0.05, 0.1) is 0 Å². The maximum Gasteiger partial charge on any atom is 0.0231 e. The predicted molar refractivity (Wildman–Crippen MR) is 96.2 cm³/mol. The molecule has 2 unspecified atom stereocenters. The average Bonchev–Trinajstić information content (AvgIpc) is 2.37. The lowest BCUT2D eigenvalue weighted by Crippen LogP contribution is -2.51. The van der Waals surface area contributed by atoms with E-state index in [9.17, 15) is 0 Å². The van der Waals surface area contributed by atoms with Gasteiger partial charge >= 0.3 is 0 Å². The van der Waals surface area contributed by atoms with Crippen LogP contribution in [0.5, 0.6) is 0 Å². The van der Waals surface area contributed by atoms with Crippen LogP contribution in [0.1, 0.15) is 59.8 Å². The second-order valence-electron chi connectivity index (χ2n) is 8.20. The summed E-state index contributed by atoms with van der Waals surface area (Å²) in [5.74, 6) is 2.22. The highest BCUT2D eigenvalue weighted by Gasteiger charge is 2.38. The van der Waals surface area contributed by atoms with E-state index in [2.05, 4.69) is 49.7 Å². The van der Waals surface area contributed by atoms with Crippen LogP contribution in [0.4, 0.5) is 0 Å². The summed E-state index contributed by atoms with van der Waals surface area (Å²) < 4.78 is 0.441. The van der Waals surface area contributed by atoms with Crippen LogP contribution in [0.25, 0.3) is 0 Å². The molecule has 2 fully saturated rings. The van der Waals surface area contributed by atoms with Crippen LogP contribution in [-0.4, -0.2) is 48.1 Å². The molecule has 1 N–H and O–H groups in total. The Labute approximate surface area is 136 Å². The van der Waals surface area contributed by atoms with Gasteiger partial charge in [0.25, 0.3) is 0 Å². The minimum Gasteiger partial charge on any atom is -0.316 e. The molecule has 1 saturated heterocycles. The smallest absolute Gasteiger partial charge is 0.0231 e. The second-order valence-corrected chi connectivity index (χ2v) is 10.00. The summed E-state index contributed by atoms with van der Waals surface area (Å²) in [5, 5.41) is 3.74. The van der Waals surface area contributed by atoms with E-state index in [1.54, 1.807) is 0 Å². The minimum atomic E-state index is 0.441. The number of hydrogen-bond acceptors (Lipinski definition) is 3. The van der Waals surface area contributed by atoms with Gasteiger partial charge in [-0.3, -0.25) is 0 Å². The van der Waals surface area contributed by atoms with Crippen molar-refractivity contribution in [3.05, 3.63) is 0 Å². The van der Waals surface area contributed by atoms with Crippen molar-refractivity contribution in [1.82, 2.24) is 10.2 Å². The largest absolute Gasteiger partial charge is 0.316 e. The van der Waals surface area contributed by atoms with E-state index in [1.807, 2.05) is 0 Å². The van der Waals surface area contributed by atoms with Crippen LogP contribution in [0, 0.1) is 11.3 Å². The predicted octanol–water partition coefficient (Wildman–Crippen LogP) is 4.01. The molecule has 0 aromatic carbocycles. The molecule has 2 atom stereocenters. The Balaban J connectivity index is 1.97. The zero-order valence-corrected chi connectivity index (χ0v) is 15.5. The van der Waals surface area contributed by atoms with Crippen LogP contribution in [-0.2, 0) is 0 Å². The van der Waals surface area contributed by atoms with Crippen molar-refractivity contribution in [3.8, 4) is 0 Å². The Bertz CT molecular complexity index is 318. The fraction of sp³-hybridized carbons (Fsp3) is 1.00. The third-order valence-electron chi connectivity index (χ3n) is 5.18. The molecule has 1 heterocycles. The summed E-state index contributed by atoms with van der Waals surface area (Å²) in [4.78, 5) is 2.77. The molecule has 1 saturated carbocycles. The van der Waals surface area contributed by atoms with Gasteiger partial charge in [-0.15, -0.1) is 0 Å². The molecule has 1 aliphatic heterocycles. The van der Waals surface area contributed by atoms with Gasteiger partial charge < -0.3 is 10.2 Å². The van der Waals surface area contributed by atoms with Crippen LogP contribution >= 0.6 is 11.8 Å². The standard InChI is InChI=1S/C18H36N2S/c1-5-9-19-13-18(8-6-7-16(2)12-18)15-20-10-11-21-17(3,4)14-20/h16,19H,5-15H2,1-4H3. The number of thioether (sulfide) groups is 1. The molecule has 0 spiro atoms. The zero-order valence-electron chi connectivity index (χ0n) is 14.7. The van der Waals surface area contributed by atoms with Gasteiger partial charge in [-0.2, -0.15) is 11.8 Å². The second kappa shape index (κ2) is 7.70. The lowest BCUT2D eigenvalue weighted by atomic mass is 9.69. The Morgan fingerprint density at radius 3 is 2.81 bits per heavy atom. The fourth-order valence-corrected chi connectivity index (χ4v) is 5.56. The number of nitrogens with zero attached hydrogens (tertiary/aromatic N) is 1. The SMILES string of the molecule is CCCNCC1(CN2CCSC(C)(C)C2)CCCC(C)C1. The number of hydrogen-bond donors (Lipinski definition) is 1. The molecular formula is C18H36N2S. The molecule has 3 heteroatoms. The van der Waals surface area contributed by atoms with Crippen molar-refractivity contribution in [2.75, 3.05) is 38.5 Å². The van der Waals surface area contributed by atoms with E-state index in [1.165, 1.54) is 70.6 Å². The summed E-state index contributed by atoms with van der Waals surface area (Å²) in [5.41, 5.74) is 0.533. The van der Waals surface area contributed by atoms with E-state index < -0.39 is 0 Å². The molecule has 2 nitrogen and oxygen atoms in total. The first kappa shape index (κ1) is 17.6. The van der Waals surface area contributed by atoms with Gasteiger partial charge in [-0.25, -0.2) is 0 Å². The van der Waals surface area contributed by atoms with E-state index in [0.29, 0.717) is 10.2 Å². The van der Waals surface area contributed by atoms with Crippen molar-refractivity contribution >= 4 is 11.8 Å². The quantitative estimate of drug-likeness (QED) is 0.746. The van der Waals surface area contributed by atoms with Gasteiger partial charge in [0.15, 0.2) is 0 Å². The van der Waals surface area contributed by atoms with E-state index >= 15 is 0 Å². The normalized spacial score (nSPS) is 34.0. The van der Waals surface area contributed by atoms with Gasteiger partial charge in [0, 0.05) is 36.7 Å². The van der Waals surface area contributed by atoms with Crippen molar-refractivity contribution < 1.29 is 0 Å². The molecular weight excluding hydrogens is 276 g/mol. The number of nitrogens with one attached hydrogen (secondary N) is 1. The summed E-state index contributed by atoms with van der Waals surface area (Å²) in [6.07, 6.45) is 6.97. The molecule has 2 aliphatic rings. The molecule has 21 heavy (non-hydrogen) atoms. The maximum absolute atomic E-state index is 3.74. The molecule has 0 aromatic heterocycles. The van der Waals surface area contributed by atoms with E-state index in [0.717, 1.165) is 5.92 Å². The molecule has 0 radical (unpaired) electrons. The first-order valence-corrected chi connectivity index (χ1v) is 10.0. The van der Waals surface area contributed by atoms with Crippen LogP contribution in [0.3, 0.4) is 0 Å². The lowest BCUT2D eigenvalue weighted by Gasteiger charge is -2.46. The minimum absolute atomic E-state index is 0.441. The first-order valence-electron chi connectivity index (χ1n) is 9.02. The van der Waals surface area contributed by atoms with Crippen molar-refractivity contribution in [2.24, 2.45) is 11.3 Å². The summed E-state index contributed by atoms with van der Waals surface area (Å²) in [6.45, 7) is 15.8. The van der Waals surface area contributed by atoms with Gasteiger partial charge in [0.2, 0.25) is 0 Å². The summed E-state index contributed by atoms with van der Waals surface area (Å²) >= 11 is 2.15. The molecule has 0 aromatic rings. The topological polar surface area (TPSA) is 15.3 Å². The first-order chi connectivity index (χ1) is 9.95. The highest BCUT2D eigenvalue weighted by atomic mass is 32.2. The lowest BCUT2D eigenvalue weighted by molar-refractivity contribution is 0.0777. The van der Waals surface area contributed by atoms with E-state index in [4.69, 9.17) is 0 Å². The average molecular weight is 313 g/mol. The van der Waals surface area contributed by atoms with Gasteiger partial charge in [-0.05, 0) is 51.0 Å². The van der Waals surface area contributed by atoms with Gasteiger partial charge in [-0.1, -0.05) is 26.7 Å². The molecule has 124 valence electrons. The van der Waals surface area contributed by atoms with Crippen molar-refractivity contribution in [3.63, 3.8) is 0 Å². The molecule has 0 bridgehead atoms. The highest BCUT2D eigenvalue weighted by Crippen LogP contribution is 2.41. The highest BCUT2D eigenvalue weighted by molar-refractivity contribution is 8.00. The molecule has 0 amide bonds. The Kier molecular flexibility index (Phi) is 6.46. The van der Waals surface area contributed by atoms with Crippen LogP contribution < -0.4 is 5.32 Å². The van der Waals surface area contributed by atoms with Crippen molar-refractivity contribution in [1.29, 1.82) is 0 Å². The molecule has 2 rings (SSSR count). The zero-order chi connectivity index (χ0) is 15.3. The third-order valence-corrected chi connectivity index (χ3v) is 6.47. The third kappa shape index (κ3) is 5.44. The Hall–Kier alpha value is 0.270. The van der Waals surface area contributed by atoms with Crippen molar-refractivity contribution in [2.45, 2.75) is 64.5 Å². The summed E-state index contributed by atoms with van der Waals surface area (Å²) in [6, 6.07) is 0. The maximum atomic E-state index is 3.74.